The predicted octanol–water partition coefficient (Wildman–Crippen LogP) is 3.35. The Morgan fingerprint density at radius 2 is 1.58 bits per heavy atom. The lowest BCUT2D eigenvalue weighted by Crippen LogP contribution is -2.35. The number of hydrogen-bond acceptors (Lipinski definition) is 2. The van der Waals surface area contributed by atoms with Gasteiger partial charge in [0, 0.05) is 6.61 Å². The predicted molar refractivity (Wildman–Crippen MR) is 75.8 cm³/mol. The maximum atomic E-state index is 10.6. The van der Waals surface area contributed by atoms with Crippen LogP contribution in [0.5, 0.6) is 0 Å². The normalized spacial score (nSPS) is 23.2. The molecule has 19 heavy (non-hydrogen) atoms. The van der Waals surface area contributed by atoms with Crippen molar-refractivity contribution in [3.63, 3.8) is 0 Å². The molecule has 1 N–H and O–H groups in total. The van der Waals surface area contributed by atoms with Crippen LogP contribution in [-0.4, -0.2) is 18.3 Å². The molecule has 3 rings (SSSR count). The van der Waals surface area contributed by atoms with Gasteiger partial charge >= 0.3 is 0 Å². The summed E-state index contributed by atoms with van der Waals surface area (Å²) >= 11 is 0. The monoisotopic (exact) mass is 254 g/mol. The first-order valence-corrected chi connectivity index (χ1v) is 6.74. The van der Waals surface area contributed by atoms with E-state index >= 15 is 0 Å². The molecule has 98 valence electrons. The quantitative estimate of drug-likeness (QED) is 0.890. The van der Waals surface area contributed by atoms with Gasteiger partial charge in [0.15, 0.2) is 0 Å². The molecule has 1 saturated heterocycles. The van der Waals surface area contributed by atoms with Crippen LogP contribution in [0.25, 0.3) is 11.1 Å². The topological polar surface area (TPSA) is 29.5 Å². The molecule has 1 aliphatic heterocycles. The lowest BCUT2D eigenvalue weighted by atomic mass is 9.87. The lowest BCUT2D eigenvalue weighted by Gasteiger charge is -2.32. The highest BCUT2D eigenvalue weighted by Crippen LogP contribution is 2.31. The van der Waals surface area contributed by atoms with Gasteiger partial charge in [0.05, 0.1) is 6.61 Å². The van der Waals surface area contributed by atoms with Gasteiger partial charge in [-0.2, -0.15) is 0 Å². The van der Waals surface area contributed by atoms with Crippen molar-refractivity contribution in [2.45, 2.75) is 18.4 Å². The van der Waals surface area contributed by atoms with Gasteiger partial charge in [-0.15, -0.1) is 0 Å². The Balaban J connectivity index is 1.87. The van der Waals surface area contributed by atoms with E-state index in [1.54, 1.807) is 0 Å². The average molecular weight is 254 g/mol. The van der Waals surface area contributed by atoms with E-state index in [1.807, 2.05) is 30.3 Å². The van der Waals surface area contributed by atoms with E-state index in [0.717, 1.165) is 25.0 Å². The second kappa shape index (κ2) is 5.16. The zero-order chi connectivity index (χ0) is 13.1. The van der Waals surface area contributed by atoms with Gasteiger partial charge in [0.1, 0.15) is 5.60 Å². The Morgan fingerprint density at radius 1 is 0.895 bits per heavy atom. The van der Waals surface area contributed by atoms with E-state index in [4.69, 9.17) is 4.74 Å². The molecule has 1 heterocycles. The fourth-order valence-corrected chi connectivity index (χ4v) is 2.61. The van der Waals surface area contributed by atoms with Gasteiger partial charge in [-0.25, -0.2) is 0 Å². The maximum Gasteiger partial charge on any atom is 0.113 e. The summed E-state index contributed by atoms with van der Waals surface area (Å²) in [6.45, 7) is 1.15. The van der Waals surface area contributed by atoms with E-state index in [1.165, 1.54) is 11.1 Å². The SMILES string of the molecule is OC1(c2ccc(-c3ccccc3)cc2)CCCOC1. The van der Waals surface area contributed by atoms with Crippen LogP contribution in [0.1, 0.15) is 18.4 Å². The summed E-state index contributed by atoms with van der Waals surface area (Å²) in [6.07, 6.45) is 1.69. The van der Waals surface area contributed by atoms with E-state index < -0.39 is 5.60 Å². The van der Waals surface area contributed by atoms with E-state index in [2.05, 4.69) is 24.3 Å². The molecule has 2 aromatic rings. The van der Waals surface area contributed by atoms with Crippen LogP contribution in [0, 0.1) is 0 Å². The van der Waals surface area contributed by atoms with Crippen LogP contribution in [0.4, 0.5) is 0 Å². The molecule has 2 heteroatoms. The number of aliphatic hydroxyl groups is 1. The Hall–Kier alpha value is -1.64. The van der Waals surface area contributed by atoms with Crippen LogP contribution >= 0.6 is 0 Å². The summed E-state index contributed by atoms with van der Waals surface area (Å²) in [7, 11) is 0. The molecule has 0 aromatic heterocycles. The third-order valence-corrected chi connectivity index (χ3v) is 3.75. The molecule has 1 atom stereocenters. The molecule has 0 radical (unpaired) electrons. The van der Waals surface area contributed by atoms with E-state index in [0.29, 0.717) is 6.61 Å². The van der Waals surface area contributed by atoms with Crippen LogP contribution in [0.2, 0.25) is 0 Å². The first kappa shape index (κ1) is 12.4. The lowest BCUT2D eigenvalue weighted by molar-refractivity contribution is -0.0902. The van der Waals surface area contributed by atoms with Crippen molar-refractivity contribution in [3.05, 3.63) is 60.2 Å². The highest BCUT2D eigenvalue weighted by molar-refractivity contribution is 5.63. The van der Waals surface area contributed by atoms with Crippen molar-refractivity contribution in [2.24, 2.45) is 0 Å². The largest absolute Gasteiger partial charge is 0.383 e. The van der Waals surface area contributed by atoms with Crippen LogP contribution in [-0.2, 0) is 10.3 Å². The molecule has 2 aromatic carbocycles. The molecule has 1 aliphatic rings. The summed E-state index contributed by atoms with van der Waals surface area (Å²) in [5.74, 6) is 0. The van der Waals surface area contributed by atoms with E-state index in [9.17, 15) is 5.11 Å². The molecule has 2 nitrogen and oxygen atoms in total. The molecule has 0 saturated carbocycles. The first-order chi connectivity index (χ1) is 9.28. The minimum Gasteiger partial charge on any atom is -0.383 e. The summed E-state index contributed by atoms with van der Waals surface area (Å²) in [4.78, 5) is 0. The van der Waals surface area contributed by atoms with Gasteiger partial charge in [0.2, 0.25) is 0 Å². The van der Waals surface area contributed by atoms with Crippen LogP contribution in [0.3, 0.4) is 0 Å². The van der Waals surface area contributed by atoms with Crippen LogP contribution in [0.15, 0.2) is 54.6 Å². The maximum absolute atomic E-state index is 10.6. The molecule has 0 amide bonds. The van der Waals surface area contributed by atoms with Gasteiger partial charge in [-0.1, -0.05) is 54.6 Å². The first-order valence-electron chi connectivity index (χ1n) is 6.74. The minimum absolute atomic E-state index is 0.400. The molecule has 1 fully saturated rings. The second-order valence-corrected chi connectivity index (χ2v) is 5.13. The van der Waals surface area contributed by atoms with Gasteiger partial charge in [-0.05, 0) is 29.5 Å². The highest BCUT2D eigenvalue weighted by atomic mass is 16.5. The zero-order valence-corrected chi connectivity index (χ0v) is 10.9. The Bertz CT molecular complexity index is 525. The van der Waals surface area contributed by atoms with Crippen molar-refractivity contribution < 1.29 is 9.84 Å². The molecule has 1 unspecified atom stereocenters. The van der Waals surface area contributed by atoms with Crippen molar-refractivity contribution in [1.82, 2.24) is 0 Å². The molecular formula is C17H18O2. The van der Waals surface area contributed by atoms with Gasteiger partial charge < -0.3 is 9.84 Å². The van der Waals surface area contributed by atoms with Crippen molar-refractivity contribution in [1.29, 1.82) is 0 Å². The van der Waals surface area contributed by atoms with E-state index in [-0.39, 0.29) is 0 Å². The molecule has 0 bridgehead atoms. The summed E-state index contributed by atoms with van der Waals surface area (Å²) in [5.41, 5.74) is 2.51. The number of benzene rings is 2. The molecular weight excluding hydrogens is 236 g/mol. The summed E-state index contributed by atoms with van der Waals surface area (Å²) in [6, 6.07) is 18.4. The zero-order valence-electron chi connectivity index (χ0n) is 10.9. The van der Waals surface area contributed by atoms with Crippen molar-refractivity contribution in [3.8, 4) is 11.1 Å². The summed E-state index contributed by atoms with van der Waals surface area (Å²) in [5, 5.41) is 10.6. The number of rotatable bonds is 2. The van der Waals surface area contributed by atoms with Crippen LogP contribution < -0.4 is 0 Å². The Morgan fingerprint density at radius 3 is 2.21 bits per heavy atom. The standard InChI is InChI=1S/C17H18O2/c18-17(11-4-12-19-13-17)16-9-7-15(8-10-16)14-5-2-1-3-6-14/h1-3,5-10,18H,4,11-13H2. The minimum atomic E-state index is -0.812. The van der Waals surface area contributed by atoms with Gasteiger partial charge in [-0.3, -0.25) is 0 Å². The smallest absolute Gasteiger partial charge is 0.113 e. The third-order valence-electron chi connectivity index (χ3n) is 3.75. The Kier molecular flexibility index (Phi) is 3.36. The summed E-state index contributed by atoms with van der Waals surface area (Å²) < 4.78 is 5.40. The average Bonchev–Trinajstić information content (AvgIpc) is 2.49. The highest BCUT2D eigenvalue weighted by Gasteiger charge is 2.31. The fourth-order valence-electron chi connectivity index (χ4n) is 2.61. The van der Waals surface area contributed by atoms with Crippen molar-refractivity contribution in [2.75, 3.05) is 13.2 Å². The number of hydrogen-bond donors (Lipinski definition) is 1. The van der Waals surface area contributed by atoms with Crippen molar-refractivity contribution >= 4 is 0 Å². The third kappa shape index (κ3) is 2.55. The fraction of sp³-hybridized carbons (Fsp3) is 0.294. The second-order valence-electron chi connectivity index (χ2n) is 5.13. The molecule has 0 spiro atoms. The molecule has 0 aliphatic carbocycles. The Labute approximate surface area is 113 Å². The number of ether oxygens (including phenoxy) is 1. The van der Waals surface area contributed by atoms with Gasteiger partial charge in [0.25, 0.3) is 0 Å².